The molecule has 0 amide bonds. The van der Waals surface area contributed by atoms with Gasteiger partial charge in [-0.2, -0.15) is 0 Å². The Balaban J connectivity index is 2.54. The Kier molecular flexibility index (Phi) is 11.5. The zero-order valence-corrected chi connectivity index (χ0v) is 18.0. The molecule has 0 bridgehead atoms. The van der Waals surface area contributed by atoms with Gasteiger partial charge < -0.3 is 20.1 Å². The Labute approximate surface area is 165 Å². The van der Waals surface area contributed by atoms with Gasteiger partial charge in [0.15, 0.2) is 5.96 Å². The van der Waals surface area contributed by atoms with E-state index in [0.717, 1.165) is 43.3 Å². The quantitative estimate of drug-likeness (QED) is 0.333. The van der Waals surface area contributed by atoms with Gasteiger partial charge in [-0.25, -0.2) is 0 Å². The molecular weight excluding hydrogens is 340 g/mol. The highest BCUT2D eigenvalue weighted by molar-refractivity contribution is 5.79. The number of benzene rings is 1. The molecular formula is C21H38N4O2. The highest BCUT2D eigenvalue weighted by Gasteiger charge is 2.08. The SMILES string of the molecule is CCN(CCNC(=NC)NCc1ccc(C)cc1OCCCOC)C(C)C. The molecule has 0 atom stereocenters. The molecule has 0 saturated carbocycles. The van der Waals surface area contributed by atoms with Crippen molar-refractivity contribution < 1.29 is 9.47 Å². The fourth-order valence-electron chi connectivity index (χ4n) is 2.83. The van der Waals surface area contributed by atoms with Gasteiger partial charge in [0.05, 0.1) is 6.61 Å². The summed E-state index contributed by atoms with van der Waals surface area (Å²) in [5, 5.41) is 6.77. The molecule has 0 aliphatic rings. The second-order valence-corrected chi connectivity index (χ2v) is 6.88. The number of rotatable bonds is 12. The average Bonchev–Trinajstić information content (AvgIpc) is 2.65. The number of methoxy groups -OCH3 is 1. The summed E-state index contributed by atoms with van der Waals surface area (Å²) in [6.07, 6.45) is 0.879. The molecule has 0 aliphatic heterocycles. The Morgan fingerprint density at radius 2 is 2.00 bits per heavy atom. The number of ether oxygens (including phenoxy) is 2. The lowest BCUT2D eigenvalue weighted by molar-refractivity contribution is 0.171. The zero-order chi connectivity index (χ0) is 20.1. The predicted molar refractivity (Wildman–Crippen MR) is 114 cm³/mol. The number of guanidine groups is 1. The number of nitrogens with zero attached hydrogens (tertiary/aromatic N) is 2. The Morgan fingerprint density at radius 3 is 2.63 bits per heavy atom. The Hall–Kier alpha value is -1.79. The van der Waals surface area contributed by atoms with Crippen LogP contribution < -0.4 is 15.4 Å². The molecule has 0 aromatic heterocycles. The summed E-state index contributed by atoms with van der Waals surface area (Å²) in [6.45, 7) is 13.7. The van der Waals surface area contributed by atoms with Crippen LogP contribution in [0.4, 0.5) is 0 Å². The number of nitrogens with one attached hydrogen (secondary N) is 2. The van der Waals surface area contributed by atoms with Crippen LogP contribution in [-0.2, 0) is 11.3 Å². The van der Waals surface area contributed by atoms with Gasteiger partial charge in [-0.3, -0.25) is 9.89 Å². The molecule has 0 spiro atoms. The van der Waals surface area contributed by atoms with E-state index < -0.39 is 0 Å². The molecule has 0 radical (unpaired) electrons. The van der Waals surface area contributed by atoms with Crippen molar-refractivity contribution in [2.24, 2.45) is 4.99 Å². The van der Waals surface area contributed by atoms with Crippen molar-refractivity contribution in [2.45, 2.75) is 46.7 Å². The molecule has 1 aromatic carbocycles. The first-order chi connectivity index (χ1) is 13.0. The van der Waals surface area contributed by atoms with Gasteiger partial charge in [0.2, 0.25) is 0 Å². The lowest BCUT2D eigenvalue weighted by atomic mass is 10.1. The van der Waals surface area contributed by atoms with Gasteiger partial charge in [-0.15, -0.1) is 0 Å². The number of aliphatic imine (C=N–C) groups is 1. The van der Waals surface area contributed by atoms with Gasteiger partial charge in [0.25, 0.3) is 0 Å². The fraction of sp³-hybridized carbons (Fsp3) is 0.667. The van der Waals surface area contributed by atoms with Crippen molar-refractivity contribution in [3.05, 3.63) is 29.3 Å². The molecule has 1 aromatic rings. The Bertz CT molecular complexity index is 561. The first-order valence-electron chi connectivity index (χ1n) is 9.91. The summed E-state index contributed by atoms with van der Waals surface area (Å²) in [4.78, 5) is 6.75. The van der Waals surface area contributed by atoms with Crippen molar-refractivity contribution in [3.63, 3.8) is 0 Å². The van der Waals surface area contributed by atoms with Crippen LogP contribution in [0.15, 0.2) is 23.2 Å². The van der Waals surface area contributed by atoms with Crippen LogP contribution in [0.25, 0.3) is 0 Å². The van der Waals surface area contributed by atoms with Gasteiger partial charge >= 0.3 is 0 Å². The molecule has 1 rings (SSSR count). The van der Waals surface area contributed by atoms with Crippen molar-refractivity contribution in [1.82, 2.24) is 15.5 Å². The number of hydrogen-bond acceptors (Lipinski definition) is 4. The van der Waals surface area contributed by atoms with Crippen LogP contribution in [0.2, 0.25) is 0 Å². The van der Waals surface area contributed by atoms with Gasteiger partial charge in [-0.1, -0.05) is 19.1 Å². The van der Waals surface area contributed by atoms with Gasteiger partial charge in [-0.05, 0) is 38.9 Å². The van der Waals surface area contributed by atoms with E-state index in [1.807, 2.05) is 0 Å². The van der Waals surface area contributed by atoms with E-state index in [1.54, 1.807) is 14.2 Å². The summed E-state index contributed by atoms with van der Waals surface area (Å²) >= 11 is 0. The molecule has 27 heavy (non-hydrogen) atoms. The lowest BCUT2D eigenvalue weighted by Gasteiger charge is -2.25. The molecule has 0 aliphatic carbocycles. The molecule has 0 saturated heterocycles. The largest absolute Gasteiger partial charge is 0.493 e. The van der Waals surface area contributed by atoms with Crippen LogP contribution >= 0.6 is 0 Å². The number of aryl methyl sites for hydroxylation is 1. The van der Waals surface area contributed by atoms with Crippen LogP contribution in [0.3, 0.4) is 0 Å². The standard InChI is InChI=1S/C21H38N4O2/c1-7-25(17(2)3)12-11-23-21(22-5)24-16-19-10-9-18(4)15-20(19)27-14-8-13-26-6/h9-10,15,17H,7-8,11-14,16H2,1-6H3,(H2,22,23,24). The van der Waals surface area contributed by atoms with Crippen molar-refractivity contribution in [3.8, 4) is 5.75 Å². The molecule has 0 unspecified atom stereocenters. The summed E-state index contributed by atoms with van der Waals surface area (Å²) in [7, 11) is 3.51. The molecule has 2 N–H and O–H groups in total. The van der Waals surface area contributed by atoms with Crippen molar-refractivity contribution in [2.75, 3.05) is 47.0 Å². The van der Waals surface area contributed by atoms with Crippen LogP contribution in [-0.4, -0.2) is 63.9 Å². The predicted octanol–water partition coefficient (Wildman–Crippen LogP) is 2.81. The van der Waals surface area contributed by atoms with Crippen LogP contribution in [0.1, 0.15) is 38.3 Å². The molecule has 0 fully saturated rings. The number of hydrogen-bond donors (Lipinski definition) is 2. The van der Waals surface area contributed by atoms with E-state index in [4.69, 9.17) is 9.47 Å². The van der Waals surface area contributed by atoms with E-state index >= 15 is 0 Å². The maximum Gasteiger partial charge on any atom is 0.191 e. The minimum absolute atomic E-state index is 0.553. The maximum absolute atomic E-state index is 5.95. The zero-order valence-electron chi connectivity index (χ0n) is 18.0. The first-order valence-corrected chi connectivity index (χ1v) is 9.91. The maximum atomic E-state index is 5.95. The van der Waals surface area contributed by atoms with E-state index in [1.165, 1.54) is 5.56 Å². The second kappa shape index (κ2) is 13.4. The normalized spacial score (nSPS) is 11.9. The van der Waals surface area contributed by atoms with E-state index in [2.05, 4.69) is 66.4 Å². The summed E-state index contributed by atoms with van der Waals surface area (Å²) in [5.74, 6) is 1.73. The van der Waals surface area contributed by atoms with Crippen LogP contribution in [0, 0.1) is 6.92 Å². The fourth-order valence-corrected chi connectivity index (χ4v) is 2.83. The lowest BCUT2D eigenvalue weighted by Crippen LogP contribution is -2.42. The molecule has 6 nitrogen and oxygen atoms in total. The van der Waals surface area contributed by atoms with E-state index in [-0.39, 0.29) is 0 Å². The van der Waals surface area contributed by atoms with Crippen LogP contribution in [0.5, 0.6) is 5.75 Å². The van der Waals surface area contributed by atoms with E-state index in [9.17, 15) is 0 Å². The Morgan fingerprint density at radius 1 is 1.22 bits per heavy atom. The molecule has 0 heterocycles. The highest BCUT2D eigenvalue weighted by atomic mass is 16.5. The first kappa shape index (κ1) is 23.2. The third-order valence-corrected chi connectivity index (χ3v) is 4.47. The molecule has 154 valence electrons. The second-order valence-electron chi connectivity index (χ2n) is 6.88. The van der Waals surface area contributed by atoms with Gasteiger partial charge in [0.1, 0.15) is 5.75 Å². The van der Waals surface area contributed by atoms with E-state index in [0.29, 0.717) is 25.8 Å². The summed E-state index contributed by atoms with van der Waals surface area (Å²) < 4.78 is 11.0. The van der Waals surface area contributed by atoms with Crippen molar-refractivity contribution >= 4 is 5.96 Å². The highest BCUT2D eigenvalue weighted by Crippen LogP contribution is 2.20. The number of likely N-dealkylation sites (N-methyl/N-ethyl adjacent to an activating group) is 1. The minimum atomic E-state index is 0.553. The summed E-state index contributed by atoms with van der Waals surface area (Å²) in [5.41, 5.74) is 2.31. The topological polar surface area (TPSA) is 58.1 Å². The van der Waals surface area contributed by atoms with Crippen molar-refractivity contribution in [1.29, 1.82) is 0 Å². The third kappa shape index (κ3) is 9.11. The van der Waals surface area contributed by atoms with Gasteiger partial charge in [0, 0.05) is 58.4 Å². The monoisotopic (exact) mass is 378 g/mol. The molecule has 6 heteroatoms. The third-order valence-electron chi connectivity index (χ3n) is 4.47. The average molecular weight is 379 g/mol. The smallest absolute Gasteiger partial charge is 0.191 e. The summed E-state index contributed by atoms with van der Waals surface area (Å²) in [6, 6.07) is 6.86. The minimum Gasteiger partial charge on any atom is -0.493 e.